The second-order valence-corrected chi connectivity index (χ2v) is 5.09. The second-order valence-electron chi connectivity index (χ2n) is 3.33. The van der Waals surface area contributed by atoms with E-state index >= 15 is 0 Å². The Balaban J connectivity index is 2.45. The molecule has 0 bridgehead atoms. The highest BCUT2D eigenvalue weighted by molar-refractivity contribution is 7.89. The van der Waals surface area contributed by atoms with Crippen LogP contribution in [-0.4, -0.2) is 15.0 Å². The van der Waals surface area contributed by atoms with Crippen molar-refractivity contribution in [1.82, 2.24) is 4.72 Å². The van der Waals surface area contributed by atoms with Crippen LogP contribution >= 0.6 is 0 Å². The third kappa shape index (κ3) is 4.01. The molecule has 0 aliphatic rings. The minimum Gasteiger partial charge on any atom is -0.211 e. The van der Waals surface area contributed by atoms with Crippen LogP contribution < -0.4 is 4.72 Å². The van der Waals surface area contributed by atoms with Crippen molar-refractivity contribution in [1.29, 1.82) is 5.26 Å². The van der Waals surface area contributed by atoms with Gasteiger partial charge in [-0.3, -0.25) is 0 Å². The van der Waals surface area contributed by atoms with Crippen LogP contribution in [0.4, 0.5) is 0 Å². The SMILES string of the molecule is N#CCCCCNS(=O)(=O)c1ccccc1. The highest BCUT2D eigenvalue weighted by Gasteiger charge is 2.11. The molecule has 0 saturated heterocycles. The molecule has 1 rings (SSSR count). The first-order valence-corrected chi connectivity index (χ1v) is 6.57. The average Bonchev–Trinajstić information content (AvgIpc) is 2.30. The van der Waals surface area contributed by atoms with Crippen molar-refractivity contribution in [3.05, 3.63) is 30.3 Å². The summed E-state index contributed by atoms with van der Waals surface area (Å²) in [6.45, 7) is 0.374. The molecular formula is C11H14N2O2S. The summed E-state index contributed by atoms with van der Waals surface area (Å²) in [5.41, 5.74) is 0. The van der Waals surface area contributed by atoms with E-state index in [1.54, 1.807) is 30.3 Å². The fourth-order valence-corrected chi connectivity index (χ4v) is 2.31. The normalized spacial score (nSPS) is 10.9. The Morgan fingerprint density at radius 3 is 2.50 bits per heavy atom. The number of unbranched alkanes of at least 4 members (excludes halogenated alkanes) is 2. The van der Waals surface area contributed by atoms with E-state index in [9.17, 15) is 8.42 Å². The molecule has 1 N–H and O–H groups in total. The van der Waals surface area contributed by atoms with E-state index in [0.717, 1.165) is 0 Å². The van der Waals surface area contributed by atoms with Crippen molar-refractivity contribution in [3.8, 4) is 6.07 Å². The zero-order valence-electron chi connectivity index (χ0n) is 8.89. The van der Waals surface area contributed by atoms with Gasteiger partial charge in [-0.15, -0.1) is 0 Å². The molecule has 16 heavy (non-hydrogen) atoms. The number of nitriles is 1. The van der Waals surface area contributed by atoms with Gasteiger partial charge in [0.25, 0.3) is 0 Å². The Hall–Kier alpha value is -1.38. The van der Waals surface area contributed by atoms with E-state index in [1.165, 1.54) is 0 Å². The highest BCUT2D eigenvalue weighted by Crippen LogP contribution is 2.07. The lowest BCUT2D eigenvalue weighted by Gasteiger charge is -2.05. The van der Waals surface area contributed by atoms with Gasteiger partial charge in [0.1, 0.15) is 0 Å². The van der Waals surface area contributed by atoms with Gasteiger partial charge in [-0.25, -0.2) is 13.1 Å². The maximum Gasteiger partial charge on any atom is 0.240 e. The standard InChI is InChI=1S/C11H14N2O2S/c12-9-5-2-6-10-13-16(14,15)11-7-3-1-4-8-11/h1,3-4,7-8,13H,2,5-6,10H2. The largest absolute Gasteiger partial charge is 0.240 e. The summed E-state index contributed by atoms with van der Waals surface area (Å²) < 4.78 is 25.9. The third-order valence-electron chi connectivity index (χ3n) is 2.06. The fraction of sp³-hybridized carbons (Fsp3) is 0.364. The third-order valence-corrected chi connectivity index (χ3v) is 3.54. The molecule has 5 heteroatoms. The van der Waals surface area contributed by atoms with Gasteiger partial charge in [0.15, 0.2) is 0 Å². The Morgan fingerprint density at radius 1 is 1.19 bits per heavy atom. The molecule has 0 atom stereocenters. The summed E-state index contributed by atoms with van der Waals surface area (Å²) in [6.07, 6.45) is 1.86. The Morgan fingerprint density at radius 2 is 1.88 bits per heavy atom. The topological polar surface area (TPSA) is 70.0 Å². The van der Waals surface area contributed by atoms with Gasteiger partial charge in [0, 0.05) is 13.0 Å². The van der Waals surface area contributed by atoms with Gasteiger partial charge in [-0.1, -0.05) is 18.2 Å². The summed E-state index contributed by atoms with van der Waals surface area (Å²) in [4.78, 5) is 0.273. The Labute approximate surface area is 96.0 Å². The van der Waals surface area contributed by atoms with Crippen LogP contribution in [0, 0.1) is 11.3 Å². The van der Waals surface area contributed by atoms with Gasteiger partial charge >= 0.3 is 0 Å². The molecule has 86 valence electrons. The minimum atomic E-state index is -3.38. The predicted molar refractivity (Wildman–Crippen MR) is 61.1 cm³/mol. The smallest absolute Gasteiger partial charge is 0.211 e. The van der Waals surface area contributed by atoms with Gasteiger partial charge in [-0.2, -0.15) is 5.26 Å². The molecule has 1 aromatic rings. The first-order chi connectivity index (χ1) is 7.67. The Bertz CT molecular complexity index is 449. The lowest BCUT2D eigenvalue weighted by molar-refractivity contribution is 0.577. The molecule has 0 fully saturated rings. The van der Waals surface area contributed by atoms with Crippen LogP contribution in [0.3, 0.4) is 0 Å². The molecule has 0 aliphatic carbocycles. The second kappa shape index (κ2) is 6.26. The number of hydrogen-bond donors (Lipinski definition) is 1. The average molecular weight is 238 g/mol. The molecular weight excluding hydrogens is 224 g/mol. The molecule has 0 radical (unpaired) electrons. The zero-order valence-corrected chi connectivity index (χ0v) is 9.70. The van der Waals surface area contributed by atoms with Crippen LogP contribution in [0.15, 0.2) is 35.2 Å². The molecule has 0 amide bonds. The van der Waals surface area contributed by atoms with Gasteiger partial charge in [-0.05, 0) is 25.0 Å². The maximum atomic E-state index is 11.7. The van der Waals surface area contributed by atoms with E-state index in [4.69, 9.17) is 5.26 Å². The molecule has 4 nitrogen and oxygen atoms in total. The number of nitrogens with zero attached hydrogens (tertiary/aromatic N) is 1. The van der Waals surface area contributed by atoms with Crippen molar-refractivity contribution in [2.45, 2.75) is 24.2 Å². The molecule has 0 aromatic heterocycles. The Kier molecular flexibility index (Phi) is 4.96. The molecule has 0 unspecified atom stereocenters. The zero-order chi connectivity index (χ0) is 11.9. The quantitative estimate of drug-likeness (QED) is 0.766. The van der Waals surface area contributed by atoms with Crippen LogP contribution in [0.5, 0.6) is 0 Å². The summed E-state index contributed by atoms with van der Waals surface area (Å²) in [5.74, 6) is 0. The number of nitrogens with one attached hydrogen (secondary N) is 1. The van der Waals surface area contributed by atoms with Crippen molar-refractivity contribution in [2.24, 2.45) is 0 Å². The molecule has 0 heterocycles. The number of sulfonamides is 1. The van der Waals surface area contributed by atoms with E-state index < -0.39 is 10.0 Å². The van der Waals surface area contributed by atoms with E-state index in [0.29, 0.717) is 25.8 Å². The number of hydrogen-bond acceptors (Lipinski definition) is 3. The number of rotatable bonds is 6. The van der Waals surface area contributed by atoms with Crippen LogP contribution in [0.25, 0.3) is 0 Å². The van der Waals surface area contributed by atoms with E-state index in [-0.39, 0.29) is 4.90 Å². The van der Waals surface area contributed by atoms with Crippen molar-refractivity contribution < 1.29 is 8.42 Å². The monoisotopic (exact) mass is 238 g/mol. The molecule has 0 aliphatic heterocycles. The summed E-state index contributed by atoms with van der Waals surface area (Å²) >= 11 is 0. The van der Waals surface area contributed by atoms with Crippen LogP contribution in [-0.2, 0) is 10.0 Å². The first kappa shape index (κ1) is 12.7. The molecule has 1 aromatic carbocycles. The maximum absolute atomic E-state index is 11.7. The van der Waals surface area contributed by atoms with Gasteiger partial charge in [0.2, 0.25) is 10.0 Å². The van der Waals surface area contributed by atoms with Crippen molar-refractivity contribution in [2.75, 3.05) is 6.54 Å². The van der Waals surface area contributed by atoms with Gasteiger partial charge in [0.05, 0.1) is 11.0 Å². The number of benzene rings is 1. The lowest BCUT2D eigenvalue weighted by atomic mass is 10.2. The van der Waals surface area contributed by atoms with E-state index in [2.05, 4.69) is 4.72 Å². The summed E-state index contributed by atoms with van der Waals surface area (Å²) in [6, 6.07) is 10.3. The lowest BCUT2D eigenvalue weighted by Crippen LogP contribution is -2.24. The minimum absolute atomic E-state index is 0.273. The van der Waals surface area contributed by atoms with E-state index in [1.807, 2.05) is 6.07 Å². The fourth-order valence-electron chi connectivity index (χ4n) is 1.22. The molecule has 0 saturated carbocycles. The first-order valence-electron chi connectivity index (χ1n) is 5.08. The van der Waals surface area contributed by atoms with Crippen LogP contribution in [0.2, 0.25) is 0 Å². The highest BCUT2D eigenvalue weighted by atomic mass is 32.2. The van der Waals surface area contributed by atoms with Crippen molar-refractivity contribution >= 4 is 10.0 Å². The van der Waals surface area contributed by atoms with Crippen molar-refractivity contribution in [3.63, 3.8) is 0 Å². The van der Waals surface area contributed by atoms with Crippen LogP contribution in [0.1, 0.15) is 19.3 Å². The van der Waals surface area contributed by atoms with Gasteiger partial charge < -0.3 is 0 Å². The summed E-state index contributed by atoms with van der Waals surface area (Å²) in [5, 5.41) is 8.31. The summed E-state index contributed by atoms with van der Waals surface area (Å²) in [7, 11) is -3.38. The predicted octanol–water partition coefficient (Wildman–Crippen LogP) is 1.66. The molecule has 0 spiro atoms.